The molecule has 0 aromatic heterocycles. The van der Waals surface area contributed by atoms with Gasteiger partial charge in [0.2, 0.25) is 5.91 Å². The highest BCUT2D eigenvalue weighted by molar-refractivity contribution is 5.81. The van der Waals surface area contributed by atoms with E-state index < -0.39 is 5.97 Å². The zero-order valence-electron chi connectivity index (χ0n) is 12.2. The van der Waals surface area contributed by atoms with Gasteiger partial charge in [-0.05, 0) is 39.7 Å². The molecule has 3 unspecified atom stereocenters. The van der Waals surface area contributed by atoms with Crippen LogP contribution in [0.4, 0.5) is 0 Å². The topological polar surface area (TPSA) is 69.6 Å². The predicted molar refractivity (Wildman–Crippen MR) is 73.9 cm³/mol. The van der Waals surface area contributed by atoms with Gasteiger partial charge in [0, 0.05) is 12.6 Å². The van der Waals surface area contributed by atoms with E-state index >= 15 is 0 Å². The van der Waals surface area contributed by atoms with Gasteiger partial charge in [-0.25, -0.2) is 0 Å². The van der Waals surface area contributed by atoms with Crippen molar-refractivity contribution in [3.63, 3.8) is 0 Å². The number of nitrogens with zero attached hydrogens (tertiary/aromatic N) is 1. The summed E-state index contributed by atoms with van der Waals surface area (Å²) in [5.74, 6) is -1.08. The van der Waals surface area contributed by atoms with Crippen LogP contribution in [0.2, 0.25) is 0 Å². The molecule has 1 aliphatic rings. The fourth-order valence-electron chi connectivity index (χ4n) is 2.59. The van der Waals surface area contributed by atoms with E-state index in [4.69, 9.17) is 5.11 Å². The van der Waals surface area contributed by atoms with Gasteiger partial charge in [0.05, 0.1) is 12.0 Å². The molecule has 1 saturated heterocycles. The van der Waals surface area contributed by atoms with Crippen molar-refractivity contribution in [2.75, 3.05) is 13.1 Å². The average molecular weight is 270 g/mol. The zero-order chi connectivity index (χ0) is 14.4. The Balaban J connectivity index is 2.49. The summed E-state index contributed by atoms with van der Waals surface area (Å²) in [4.78, 5) is 25.1. The minimum Gasteiger partial charge on any atom is -0.481 e. The van der Waals surface area contributed by atoms with Crippen LogP contribution >= 0.6 is 0 Å². The number of hydrogen-bond acceptors (Lipinski definition) is 3. The van der Waals surface area contributed by atoms with Crippen molar-refractivity contribution in [3.05, 3.63) is 0 Å². The number of rotatable bonds is 6. The van der Waals surface area contributed by atoms with E-state index in [0.717, 1.165) is 25.8 Å². The van der Waals surface area contributed by atoms with Gasteiger partial charge < -0.3 is 10.4 Å². The van der Waals surface area contributed by atoms with E-state index in [-0.39, 0.29) is 23.9 Å². The Kier molecular flexibility index (Phi) is 6.28. The Morgan fingerprint density at radius 3 is 2.68 bits per heavy atom. The Hall–Kier alpha value is -1.10. The first kappa shape index (κ1) is 16.0. The molecule has 0 bridgehead atoms. The number of carboxylic acid groups (broad SMARTS) is 1. The normalized spacial score (nSPS) is 23.6. The lowest BCUT2D eigenvalue weighted by Gasteiger charge is -2.34. The molecule has 1 amide bonds. The third-order valence-electron chi connectivity index (χ3n) is 3.84. The molecular weight excluding hydrogens is 244 g/mol. The van der Waals surface area contributed by atoms with Crippen LogP contribution in [0.5, 0.6) is 0 Å². The number of piperidine rings is 1. The molecule has 0 saturated carbocycles. The number of aliphatic carboxylic acids is 1. The van der Waals surface area contributed by atoms with Crippen molar-refractivity contribution < 1.29 is 14.7 Å². The van der Waals surface area contributed by atoms with Crippen molar-refractivity contribution >= 4 is 11.9 Å². The van der Waals surface area contributed by atoms with Crippen LogP contribution in [0.15, 0.2) is 0 Å². The summed E-state index contributed by atoms with van der Waals surface area (Å²) >= 11 is 0. The largest absolute Gasteiger partial charge is 0.481 e. The standard InChI is InChI=1S/C14H26N2O3/c1-4-6-10(2)15-13(17)11(3)16-8-5-7-12(9-16)14(18)19/h10-12H,4-9H2,1-3H3,(H,15,17)(H,18,19). The van der Waals surface area contributed by atoms with Crippen molar-refractivity contribution in [2.45, 2.75) is 58.5 Å². The molecule has 5 heteroatoms. The van der Waals surface area contributed by atoms with Crippen LogP contribution in [0.1, 0.15) is 46.5 Å². The molecule has 1 heterocycles. The molecule has 5 nitrogen and oxygen atoms in total. The Labute approximate surface area is 115 Å². The van der Waals surface area contributed by atoms with E-state index in [1.54, 1.807) is 0 Å². The fraction of sp³-hybridized carbons (Fsp3) is 0.857. The Morgan fingerprint density at radius 1 is 1.42 bits per heavy atom. The number of likely N-dealkylation sites (tertiary alicyclic amines) is 1. The number of carbonyl (C=O) groups is 2. The lowest BCUT2D eigenvalue weighted by molar-refractivity contribution is -0.145. The highest BCUT2D eigenvalue weighted by Crippen LogP contribution is 2.18. The first-order chi connectivity index (χ1) is 8.95. The van der Waals surface area contributed by atoms with Crippen LogP contribution in [-0.4, -0.2) is 47.1 Å². The SMILES string of the molecule is CCCC(C)NC(=O)C(C)N1CCCC(C(=O)O)C1. The summed E-state index contributed by atoms with van der Waals surface area (Å²) < 4.78 is 0. The summed E-state index contributed by atoms with van der Waals surface area (Å²) in [6.07, 6.45) is 3.57. The van der Waals surface area contributed by atoms with Crippen molar-refractivity contribution in [3.8, 4) is 0 Å². The van der Waals surface area contributed by atoms with Crippen molar-refractivity contribution in [2.24, 2.45) is 5.92 Å². The number of hydrogen-bond donors (Lipinski definition) is 2. The molecular formula is C14H26N2O3. The van der Waals surface area contributed by atoms with E-state index in [1.807, 2.05) is 18.7 Å². The third-order valence-corrected chi connectivity index (χ3v) is 3.84. The molecule has 1 aliphatic heterocycles. The molecule has 0 spiro atoms. The van der Waals surface area contributed by atoms with Crippen LogP contribution < -0.4 is 5.32 Å². The minimum atomic E-state index is -0.753. The maximum Gasteiger partial charge on any atom is 0.307 e. The van der Waals surface area contributed by atoms with Crippen molar-refractivity contribution in [1.82, 2.24) is 10.2 Å². The predicted octanol–water partition coefficient (Wildman–Crippen LogP) is 1.48. The van der Waals surface area contributed by atoms with Gasteiger partial charge in [0.25, 0.3) is 0 Å². The molecule has 3 atom stereocenters. The lowest BCUT2D eigenvalue weighted by atomic mass is 9.97. The molecule has 0 aliphatic carbocycles. The lowest BCUT2D eigenvalue weighted by Crippen LogP contribution is -2.51. The van der Waals surface area contributed by atoms with Gasteiger partial charge in [0.15, 0.2) is 0 Å². The quantitative estimate of drug-likeness (QED) is 0.767. The number of nitrogens with one attached hydrogen (secondary N) is 1. The van der Waals surface area contributed by atoms with E-state index in [9.17, 15) is 9.59 Å². The van der Waals surface area contributed by atoms with Gasteiger partial charge in [-0.1, -0.05) is 13.3 Å². The van der Waals surface area contributed by atoms with Gasteiger partial charge in [0.1, 0.15) is 0 Å². The van der Waals surface area contributed by atoms with Crippen LogP contribution in [0.25, 0.3) is 0 Å². The second-order valence-electron chi connectivity index (χ2n) is 5.55. The number of carbonyl (C=O) groups excluding carboxylic acids is 1. The number of amides is 1. The van der Waals surface area contributed by atoms with Crippen LogP contribution in [0, 0.1) is 5.92 Å². The molecule has 0 radical (unpaired) electrons. The molecule has 1 fully saturated rings. The minimum absolute atomic E-state index is 0.00647. The average Bonchev–Trinajstić information content (AvgIpc) is 2.38. The van der Waals surface area contributed by atoms with E-state index in [0.29, 0.717) is 13.0 Å². The first-order valence-corrected chi connectivity index (χ1v) is 7.23. The highest BCUT2D eigenvalue weighted by atomic mass is 16.4. The third kappa shape index (κ3) is 4.82. The number of carboxylic acids is 1. The second kappa shape index (κ2) is 7.48. The van der Waals surface area contributed by atoms with Gasteiger partial charge in [-0.15, -0.1) is 0 Å². The smallest absolute Gasteiger partial charge is 0.307 e. The first-order valence-electron chi connectivity index (χ1n) is 7.23. The molecule has 2 N–H and O–H groups in total. The summed E-state index contributed by atoms with van der Waals surface area (Å²) in [7, 11) is 0. The second-order valence-corrected chi connectivity index (χ2v) is 5.55. The van der Waals surface area contributed by atoms with Crippen molar-refractivity contribution in [1.29, 1.82) is 0 Å². The summed E-state index contributed by atoms with van der Waals surface area (Å²) in [6.45, 7) is 7.24. The van der Waals surface area contributed by atoms with E-state index in [1.165, 1.54) is 0 Å². The molecule has 0 aromatic carbocycles. The molecule has 19 heavy (non-hydrogen) atoms. The molecule has 110 valence electrons. The van der Waals surface area contributed by atoms with Gasteiger partial charge in [-0.2, -0.15) is 0 Å². The van der Waals surface area contributed by atoms with Gasteiger partial charge >= 0.3 is 5.97 Å². The highest BCUT2D eigenvalue weighted by Gasteiger charge is 2.30. The maximum atomic E-state index is 12.1. The van der Waals surface area contributed by atoms with Gasteiger partial charge in [-0.3, -0.25) is 14.5 Å². The van der Waals surface area contributed by atoms with Crippen LogP contribution in [0.3, 0.4) is 0 Å². The van der Waals surface area contributed by atoms with E-state index in [2.05, 4.69) is 12.2 Å². The monoisotopic (exact) mass is 270 g/mol. The van der Waals surface area contributed by atoms with Crippen LogP contribution in [-0.2, 0) is 9.59 Å². The fourth-order valence-corrected chi connectivity index (χ4v) is 2.59. The summed E-state index contributed by atoms with van der Waals surface area (Å²) in [6, 6.07) is -0.0681. The molecule has 0 aromatic rings. The summed E-state index contributed by atoms with van der Waals surface area (Å²) in [5.41, 5.74) is 0. The Bertz CT molecular complexity index is 320. The molecule has 1 rings (SSSR count). The summed E-state index contributed by atoms with van der Waals surface area (Å²) in [5, 5.41) is 12.1. The zero-order valence-corrected chi connectivity index (χ0v) is 12.2. The Morgan fingerprint density at radius 2 is 2.11 bits per heavy atom. The maximum absolute atomic E-state index is 12.1.